The van der Waals surface area contributed by atoms with Gasteiger partial charge in [0.1, 0.15) is 18.0 Å². The molecule has 2 aromatic rings. The topological polar surface area (TPSA) is 82.5 Å². The first-order chi connectivity index (χ1) is 8.71. The van der Waals surface area contributed by atoms with Crippen molar-refractivity contribution in [2.45, 2.75) is 40.0 Å². The van der Waals surface area contributed by atoms with Crippen LogP contribution in [0, 0.1) is 0 Å². The summed E-state index contributed by atoms with van der Waals surface area (Å²) in [5.41, 5.74) is 6.80. The summed E-state index contributed by atoms with van der Waals surface area (Å²) in [7, 11) is 0. The van der Waals surface area contributed by atoms with Gasteiger partial charge in [-0.25, -0.2) is 15.0 Å². The van der Waals surface area contributed by atoms with Gasteiger partial charge in [-0.15, -0.1) is 5.10 Å². The van der Waals surface area contributed by atoms with Crippen LogP contribution in [0.2, 0.25) is 0 Å². The van der Waals surface area contributed by atoms with Crippen molar-refractivity contribution in [3.8, 4) is 5.82 Å². The first-order valence-electron chi connectivity index (χ1n) is 6.25. The van der Waals surface area contributed by atoms with Crippen LogP contribution >= 0.6 is 0 Å². The molecule has 0 bridgehead atoms. The Labute approximate surface area is 106 Å². The zero-order valence-corrected chi connectivity index (χ0v) is 11.0. The zero-order valence-electron chi connectivity index (χ0n) is 11.0. The predicted octanol–water partition coefficient (Wildman–Crippen LogP) is 1.33. The van der Waals surface area contributed by atoms with E-state index in [1.54, 1.807) is 4.68 Å². The van der Waals surface area contributed by atoms with Crippen molar-refractivity contribution < 1.29 is 0 Å². The fraction of sp³-hybridized carbons (Fsp3) is 0.500. The smallest absolute Gasteiger partial charge is 0.164 e. The first kappa shape index (κ1) is 12.5. The van der Waals surface area contributed by atoms with Crippen molar-refractivity contribution >= 4 is 5.82 Å². The highest BCUT2D eigenvalue weighted by Gasteiger charge is 2.15. The lowest BCUT2D eigenvalue weighted by Gasteiger charge is -2.09. The number of nitrogens with two attached hydrogens (primary N) is 1. The summed E-state index contributed by atoms with van der Waals surface area (Å²) in [6.45, 7) is 6.12. The molecule has 0 spiro atoms. The maximum atomic E-state index is 5.89. The van der Waals surface area contributed by atoms with E-state index in [0.717, 1.165) is 42.3 Å². The summed E-state index contributed by atoms with van der Waals surface area (Å²) < 4.78 is 1.79. The number of anilines is 1. The van der Waals surface area contributed by atoms with E-state index in [-0.39, 0.29) is 0 Å². The van der Waals surface area contributed by atoms with Crippen LogP contribution in [0.4, 0.5) is 5.82 Å². The van der Waals surface area contributed by atoms with Crippen LogP contribution in [-0.2, 0) is 19.3 Å². The van der Waals surface area contributed by atoms with Gasteiger partial charge in [0.25, 0.3) is 0 Å². The van der Waals surface area contributed by atoms with Crippen molar-refractivity contribution in [2.75, 3.05) is 5.73 Å². The van der Waals surface area contributed by atoms with Crippen molar-refractivity contribution in [3.05, 3.63) is 23.5 Å². The number of rotatable bonds is 4. The van der Waals surface area contributed by atoms with Crippen LogP contribution in [0.1, 0.15) is 38.0 Å². The van der Waals surface area contributed by atoms with Gasteiger partial charge in [0.2, 0.25) is 0 Å². The second kappa shape index (κ2) is 5.12. The lowest BCUT2D eigenvalue weighted by atomic mass is 10.2. The molecule has 18 heavy (non-hydrogen) atoms. The zero-order chi connectivity index (χ0) is 13.1. The summed E-state index contributed by atoms with van der Waals surface area (Å²) in [5.74, 6) is 2.98. The van der Waals surface area contributed by atoms with Crippen LogP contribution in [0.3, 0.4) is 0 Å². The van der Waals surface area contributed by atoms with Gasteiger partial charge in [-0.05, 0) is 6.42 Å². The van der Waals surface area contributed by atoms with Crippen LogP contribution in [-0.4, -0.2) is 24.7 Å². The molecule has 0 aliphatic carbocycles. The molecule has 0 atom stereocenters. The molecule has 0 unspecified atom stereocenters. The highest BCUT2D eigenvalue weighted by molar-refractivity contribution is 5.48. The third kappa shape index (κ3) is 2.05. The van der Waals surface area contributed by atoms with Crippen LogP contribution in [0.25, 0.3) is 5.82 Å². The van der Waals surface area contributed by atoms with Gasteiger partial charge in [-0.3, -0.25) is 0 Å². The van der Waals surface area contributed by atoms with Gasteiger partial charge in [0, 0.05) is 18.4 Å². The molecule has 0 aromatic carbocycles. The highest BCUT2D eigenvalue weighted by Crippen LogP contribution is 2.18. The Hall–Kier alpha value is -1.98. The standard InChI is InChI=1S/C12H18N6/c1-4-8-11(13)14-7-15-12(8)18-10(6-3)16-9(5-2)17-18/h7H,4-6H2,1-3H3,(H2,13,14,15). The fourth-order valence-corrected chi connectivity index (χ4v) is 1.88. The largest absolute Gasteiger partial charge is 0.383 e. The number of aryl methyl sites for hydroxylation is 2. The molecule has 0 fully saturated rings. The number of hydrogen-bond donors (Lipinski definition) is 1. The normalized spacial score (nSPS) is 10.8. The van der Waals surface area contributed by atoms with Gasteiger partial charge in [-0.1, -0.05) is 20.8 Å². The Morgan fingerprint density at radius 1 is 1.11 bits per heavy atom. The lowest BCUT2D eigenvalue weighted by molar-refractivity contribution is 0.754. The van der Waals surface area contributed by atoms with E-state index in [0.29, 0.717) is 5.82 Å². The van der Waals surface area contributed by atoms with E-state index in [1.165, 1.54) is 6.33 Å². The molecule has 2 N–H and O–H groups in total. The summed E-state index contributed by atoms with van der Waals surface area (Å²) in [6.07, 6.45) is 3.85. The summed E-state index contributed by atoms with van der Waals surface area (Å²) >= 11 is 0. The van der Waals surface area contributed by atoms with Gasteiger partial charge >= 0.3 is 0 Å². The average molecular weight is 246 g/mol. The van der Waals surface area contributed by atoms with Crippen molar-refractivity contribution in [3.63, 3.8) is 0 Å². The molecular weight excluding hydrogens is 228 g/mol. The molecule has 0 aliphatic rings. The Kier molecular flexibility index (Phi) is 3.55. The monoisotopic (exact) mass is 246 g/mol. The quantitative estimate of drug-likeness (QED) is 0.879. The van der Waals surface area contributed by atoms with Crippen LogP contribution < -0.4 is 5.73 Å². The van der Waals surface area contributed by atoms with E-state index in [9.17, 15) is 0 Å². The van der Waals surface area contributed by atoms with Crippen molar-refractivity contribution in [1.29, 1.82) is 0 Å². The Bertz CT molecular complexity index is 545. The van der Waals surface area contributed by atoms with Crippen molar-refractivity contribution in [1.82, 2.24) is 24.7 Å². The third-order valence-electron chi connectivity index (χ3n) is 2.86. The Morgan fingerprint density at radius 2 is 1.89 bits per heavy atom. The highest BCUT2D eigenvalue weighted by atomic mass is 15.4. The number of hydrogen-bond acceptors (Lipinski definition) is 5. The summed E-state index contributed by atoms with van der Waals surface area (Å²) in [6, 6.07) is 0. The number of nitrogens with zero attached hydrogens (tertiary/aromatic N) is 5. The average Bonchev–Trinajstić information content (AvgIpc) is 2.81. The second-order valence-corrected chi connectivity index (χ2v) is 3.98. The van der Waals surface area contributed by atoms with E-state index < -0.39 is 0 Å². The van der Waals surface area contributed by atoms with E-state index in [1.807, 2.05) is 13.8 Å². The summed E-state index contributed by atoms with van der Waals surface area (Å²) in [5, 5.41) is 4.48. The van der Waals surface area contributed by atoms with E-state index in [2.05, 4.69) is 27.0 Å². The molecule has 2 rings (SSSR count). The minimum absolute atomic E-state index is 0.512. The third-order valence-corrected chi connectivity index (χ3v) is 2.86. The molecule has 0 saturated carbocycles. The summed E-state index contributed by atoms with van der Waals surface area (Å²) in [4.78, 5) is 12.8. The maximum Gasteiger partial charge on any atom is 0.164 e. The van der Waals surface area contributed by atoms with E-state index >= 15 is 0 Å². The molecule has 0 saturated heterocycles. The first-order valence-corrected chi connectivity index (χ1v) is 6.25. The molecule has 6 nitrogen and oxygen atoms in total. The lowest BCUT2D eigenvalue weighted by Crippen LogP contribution is -2.11. The number of nitrogen functional groups attached to an aromatic ring is 1. The van der Waals surface area contributed by atoms with Crippen LogP contribution in [0.5, 0.6) is 0 Å². The Balaban J connectivity index is 2.60. The Morgan fingerprint density at radius 3 is 2.50 bits per heavy atom. The number of aromatic nitrogens is 5. The molecule has 0 amide bonds. The molecule has 0 radical (unpaired) electrons. The molecular formula is C12H18N6. The molecule has 2 heterocycles. The molecule has 0 aliphatic heterocycles. The minimum Gasteiger partial charge on any atom is -0.383 e. The van der Waals surface area contributed by atoms with E-state index in [4.69, 9.17) is 5.73 Å². The van der Waals surface area contributed by atoms with Gasteiger partial charge in [0.05, 0.1) is 0 Å². The SMILES string of the molecule is CCc1nc(CC)n(-c2ncnc(N)c2CC)n1. The molecule has 2 aromatic heterocycles. The minimum atomic E-state index is 0.512. The second-order valence-electron chi connectivity index (χ2n) is 3.98. The van der Waals surface area contributed by atoms with Gasteiger partial charge < -0.3 is 5.73 Å². The van der Waals surface area contributed by atoms with Gasteiger partial charge in [-0.2, -0.15) is 4.68 Å². The maximum absolute atomic E-state index is 5.89. The predicted molar refractivity (Wildman–Crippen MR) is 69.5 cm³/mol. The molecule has 96 valence electrons. The van der Waals surface area contributed by atoms with Crippen molar-refractivity contribution in [2.24, 2.45) is 0 Å². The van der Waals surface area contributed by atoms with Gasteiger partial charge in [0.15, 0.2) is 11.6 Å². The van der Waals surface area contributed by atoms with Crippen LogP contribution in [0.15, 0.2) is 6.33 Å². The fourth-order valence-electron chi connectivity index (χ4n) is 1.88. The molecule has 6 heteroatoms.